The fraction of sp³-hybridized carbons (Fsp3) is 0.316. The van der Waals surface area contributed by atoms with Crippen LogP contribution in [0.2, 0.25) is 0 Å². The monoisotopic (exact) mass is 383 g/mol. The third-order valence-corrected chi connectivity index (χ3v) is 5.54. The minimum absolute atomic E-state index is 0.0291. The Morgan fingerprint density at radius 3 is 2.63 bits per heavy atom. The van der Waals surface area contributed by atoms with Crippen LogP contribution in [0.5, 0.6) is 0 Å². The van der Waals surface area contributed by atoms with Crippen LogP contribution in [0.3, 0.4) is 0 Å². The molecular formula is C19H21N5O2S. The molecule has 1 atom stereocenters. The molecule has 0 aliphatic carbocycles. The Kier molecular flexibility index (Phi) is 5.28. The van der Waals surface area contributed by atoms with Gasteiger partial charge in [0, 0.05) is 26.2 Å². The van der Waals surface area contributed by atoms with E-state index in [2.05, 4.69) is 15.0 Å². The van der Waals surface area contributed by atoms with Gasteiger partial charge < -0.3 is 15.2 Å². The molecule has 140 valence electrons. The number of nitrogens with two attached hydrogens (primary N) is 1. The Hall–Kier alpha value is -2.55. The van der Waals surface area contributed by atoms with Crippen LogP contribution in [0.25, 0.3) is 10.7 Å². The van der Waals surface area contributed by atoms with Crippen molar-refractivity contribution in [2.24, 2.45) is 5.73 Å². The fourth-order valence-corrected chi connectivity index (χ4v) is 3.79. The molecule has 0 bridgehead atoms. The molecule has 4 rings (SSSR count). The second-order valence-electron chi connectivity index (χ2n) is 6.48. The third-order valence-electron chi connectivity index (χ3n) is 4.68. The van der Waals surface area contributed by atoms with Gasteiger partial charge in [0.2, 0.25) is 17.6 Å². The number of thiophene rings is 1. The zero-order valence-electron chi connectivity index (χ0n) is 14.8. The van der Waals surface area contributed by atoms with Crippen LogP contribution < -0.4 is 5.73 Å². The fourth-order valence-electron chi connectivity index (χ4n) is 3.14. The molecule has 27 heavy (non-hydrogen) atoms. The summed E-state index contributed by atoms with van der Waals surface area (Å²) in [5.41, 5.74) is 6.98. The Labute approximate surface area is 161 Å². The van der Waals surface area contributed by atoms with Crippen LogP contribution in [0.15, 0.2) is 52.4 Å². The minimum atomic E-state index is -0.609. The summed E-state index contributed by atoms with van der Waals surface area (Å²) < 4.78 is 5.36. The molecule has 1 unspecified atom stereocenters. The summed E-state index contributed by atoms with van der Waals surface area (Å²) >= 11 is 1.59. The summed E-state index contributed by atoms with van der Waals surface area (Å²) in [7, 11) is 0. The first-order valence-corrected chi connectivity index (χ1v) is 9.77. The largest absolute Gasteiger partial charge is 0.338 e. The standard InChI is InChI=1S/C19H21N5O2S/c20-17(14-5-2-1-3-6-14)19(25)24-10-8-23(9-11-24)13-16-21-18(22-26-16)15-7-4-12-27-15/h1-7,12,17H,8-11,13,20H2. The highest BCUT2D eigenvalue weighted by molar-refractivity contribution is 7.13. The lowest BCUT2D eigenvalue weighted by Gasteiger charge is -2.35. The Morgan fingerprint density at radius 1 is 1.15 bits per heavy atom. The molecule has 2 aromatic heterocycles. The van der Waals surface area contributed by atoms with Crippen LogP contribution in [0, 0.1) is 0 Å². The van der Waals surface area contributed by atoms with Crippen molar-refractivity contribution in [1.29, 1.82) is 0 Å². The van der Waals surface area contributed by atoms with Gasteiger partial charge in [-0.15, -0.1) is 11.3 Å². The predicted molar refractivity (Wildman–Crippen MR) is 103 cm³/mol. The first-order valence-electron chi connectivity index (χ1n) is 8.89. The molecule has 2 N–H and O–H groups in total. The molecule has 0 spiro atoms. The summed E-state index contributed by atoms with van der Waals surface area (Å²) in [5.74, 6) is 1.19. The highest BCUT2D eigenvalue weighted by atomic mass is 32.1. The van der Waals surface area contributed by atoms with Crippen molar-refractivity contribution < 1.29 is 9.32 Å². The maximum atomic E-state index is 12.6. The number of piperazine rings is 1. The van der Waals surface area contributed by atoms with Gasteiger partial charge in [-0.25, -0.2) is 0 Å². The van der Waals surface area contributed by atoms with Crippen LogP contribution >= 0.6 is 11.3 Å². The van der Waals surface area contributed by atoms with Gasteiger partial charge >= 0.3 is 0 Å². The number of carbonyl (C=O) groups is 1. The third kappa shape index (κ3) is 4.08. The van der Waals surface area contributed by atoms with E-state index in [1.165, 1.54) is 0 Å². The molecule has 0 saturated carbocycles. The van der Waals surface area contributed by atoms with Gasteiger partial charge in [0.05, 0.1) is 11.4 Å². The van der Waals surface area contributed by atoms with Crippen molar-refractivity contribution in [3.63, 3.8) is 0 Å². The number of nitrogens with zero attached hydrogens (tertiary/aromatic N) is 4. The summed E-state index contributed by atoms with van der Waals surface area (Å²) in [4.78, 5) is 22.1. The summed E-state index contributed by atoms with van der Waals surface area (Å²) in [6.45, 7) is 3.38. The van der Waals surface area contributed by atoms with E-state index in [0.717, 1.165) is 23.5 Å². The van der Waals surface area contributed by atoms with Gasteiger partial charge in [0.1, 0.15) is 6.04 Å². The summed E-state index contributed by atoms with van der Waals surface area (Å²) in [5, 5.41) is 6.03. The first kappa shape index (κ1) is 17.8. The SMILES string of the molecule is NC(C(=O)N1CCN(Cc2nc(-c3cccs3)no2)CC1)c1ccccc1. The topological polar surface area (TPSA) is 88.5 Å². The van der Waals surface area contributed by atoms with Crippen LogP contribution in [0.4, 0.5) is 0 Å². The minimum Gasteiger partial charge on any atom is -0.338 e. The molecule has 1 aliphatic rings. The normalized spacial score (nSPS) is 16.4. The number of benzene rings is 1. The molecular weight excluding hydrogens is 362 g/mol. The second kappa shape index (κ2) is 7.99. The van der Waals surface area contributed by atoms with Crippen LogP contribution in [-0.4, -0.2) is 52.0 Å². The lowest BCUT2D eigenvalue weighted by atomic mass is 10.1. The molecule has 1 amide bonds. The lowest BCUT2D eigenvalue weighted by Crippen LogP contribution is -2.50. The number of amides is 1. The maximum Gasteiger partial charge on any atom is 0.244 e. The van der Waals surface area contributed by atoms with Gasteiger partial charge in [-0.3, -0.25) is 9.69 Å². The second-order valence-corrected chi connectivity index (χ2v) is 7.43. The van der Waals surface area contributed by atoms with Crippen molar-refractivity contribution in [3.05, 3.63) is 59.3 Å². The Morgan fingerprint density at radius 2 is 1.93 bits per heavy atom. The van der Waals surface area contributed by atoms with Crippen molar-refractivity contribution >= 4 is 17.2 Å². The van der Waals surface area contributed by atoms with E-state index in [-0.39, 0.29) is 5.91 Å². The smallest absolute Gasteiger partial charge is 0.244 e. The van der Waals surface area contributed by atoms with Gasteiger partial charge in [0.15, 0.2) is 0 Å². The van der Waals surface area contributed by atoms with Crippen molar-refractivity contribution in [1.82, 2.24) is 19.9 Å². The van der Waals surface area contributed by atoms with E-state index < -0.39 is 6.04 Å². The number of hydrogen-bond acceptors (Lipinski definition) is 7. The zero-order valence-corrected chi connectivity index (χ0v) is 15.6. The molecule has 7 nitrogen and oxygen atoms in total. The van der Waals surface area contributed by atoms with E-state index >= 15 is 0 Å². The van der Waals surface area contributed by atoms with Gasteiger partial charge in [-0.05, 0) is 17.0 Å². The van der Waals surface area contributed by atoms with Gasteiger partial charge in [0.25, 0.3) is 0 Å². The van der Waals surface area contributed by atoms with Crippen LogP contribution in [0.1, 0.15) is 17.5 Å². The van der Waals surface area contributed by atoms with E-state index in [0.29, 0.717) is 31.3 Å². The number of rotatable bonds is 5. The molecule has 0 radical (unpaired) electrons. The first-order chi connectivity index (χ1) is 13.2. The highest BCUT2D eigenvalue weighted by Crippen LogP contribution is 2.22. The van der Waals surface area contributed by atoms with E-state index in [1.807, 2.05) is 52.7 Å². The van der Waals surface area contributed by atoms with Crippen molar-refractivity contribution in [2.75, 3.05) is 26.2 Å². The molecule has 1 aromatic carbocycles. The molecule has 1 fully saturated rings. The van der Waals surface area contributed by atoms with Crippen molar-refractivity contribution in [2.45, 2.75) is 12.6 Å². The number of hydrogen-bond donors (Lipinski definition) is 1. The predicted octanol–water partition coefficient (Wildman–Crippen LogP) is 2.14. The maximum absolute atomic E-state index is 12.6. The molecule has 8 heteroatoms. The van der Waals surface area contributed by atoms with Gasteiger partial charge in [-0.1, -0.05) is 41.6 Å². The van der Waals surface area contributed by atoms with E-state index in [4.69, 9.17) is 10.3 Å². The molecule has 1 aliphatic heterocycles. The number of carbonyl (C=O) groups excluding carboxylic acids is 1. The van der Waals surface area contributed by atoms with E-state index in [1.54, 1.807) is 11.3 Å². The Bertz CT molecular complexity index is 873. The van der Waals surface area contributed by atoms with Gasteiger partial charge in [-0.2, -0.15) is 4.98 Å². The molecule has 3 aromatic rings. The summed E-state index contributed by atoms with van der Waals surface area (Å²) in [6, 6.07) is 12.8. The molecule has 3 heterocycles. The highest BCUT2D eigenvalue weighted by Gasteiger charge is 2.26. The average molecular weight is 383 g/mol. The quantitative estimate of drug-likeness (QED) is 0.726. The van der Waals surface area contributed by atoms with E-state index in [9.17, 15) is 4.79 Å². The molecule has 1 saturated heterocycles. The number of aromatic nitrogens is 2. The Balaban J connectivity index is 1.31. The lowest BCUT2D eigenvalue weighted by molar-refractivity contribution is -0.134. The average Bonchev–Trinajstić information content (AvgIpc) is 3.40. The summed E-state index contributed by atoms with van der Waals surface area (Å²) in [6.07, 6.45) is 0. The van der Waals surface area contributed by atoms with Crippen LogP contribution in [-0.2, 0) is 11.3 Å². The van der Waals surface area contributed by atoms with Crippen molar-refractivity contribution in [3.8, 4) is 10.7 Å². The zero-order chi connectivity index (χ0) is 18.6.